The average Bonchev–Trinajstić information content (AvgIpc) is 3.41. The van der Waals surface area contributed by atoms with Gasteiger partial charge in [0.15, 0.2) is 5.01 Å². The summed E-state index contributed by atoms with van der Waals surface area (Å²) in [5, 5.41) is 15.4. The van der Waals surface area contributed by atoms with Crippen LogP contribution >= 0.6 is 11.3 Å². The third-order valence-electron chi connectivity index (χ3n) is 7.21. The van der Waals surface area contributed by atoms with Crippen molar-refractivity contribution in [3.63, 3.8) is 0 Å². The monoisotopic (exact) mass is 553 g/mol. The number of nitrogens with zero attached hydrogens (tertiary/aromatic N) is 3. The van der Waals surface area contributed by atoms with Crippen LogP contribution in [0.4, 0.5) is 19.0 Å². The minimum absolute atomic E-state index is 0.0218. The molecule has 2 aromatic rings. The largest absolute Gasteiger partial charge is 0.417 e. The summed E-state index contributed by atoms with van der Waals surface area (Å²) in [4.78, 5) is 36.3. The van der Waals surface area contributed by atoms with Gasteiger partial charge in [0.05, 0.1) is 16.0 Å². The van der Waals surface area contributed by atoms with E-state index in [4.69, 9.17) is 0 Å². The van der Waals surface area contributed by atoms with Crippen LogP contribution in [0.1, 0.15) is 85.7 Å². The number of aliphatic hydroxyl groups is 1. The zero-order chi connectivity index (χ0) is 27.8. The number of anilines is 1. The highest BCUT2D eigenvalue weighted by Crippen LogP contribution is 2.42. The van der Waals surface area contributed by atoms with E-state index in [9.17, 15) is 27.9 Å². The fraction of sp³-hybridized carbons (Fsp3) is 0.615. The van der Waals surface area contributed by atoms with E-state index in [1.165, 1.54) is 13.8 Å². The van der Waals surface area contributed by atoms with Gasteiger partial charge in [-0.05, 0) is 65.4 Å². The van der Waals surface area contributed by atoms with Gasteiger partial charge in [0.1, 0.15) is 11.5 Å². The van der Waals surface area contributed by atoms with Gasteiger partial charge in [-0.3, -0.25) is 9.59 Å². The van der Waals surface area contributed by atoms with Gasteiger partial charge in [0, 0.05) is 36.9 Å². The third-order valence-corrected chi connectivity index (χ3v) is 8.29. The number of alkyl halides is 3. The summed E-state index contributed by atoms with van der Waals surface area (Å²) in [6, 6.07) is 0.848. The molecule has 2 aliphatic rings. The summed E-state index contributed by atoms with van der Waals surface area (Å²) in [6.07, 6.45) is 1.09. The lowest BCUT2D eigenvalue weighted by molar-refractivity contribution is -0.137. The number of amides is 2. The zero-order valence-corrected chi connectivity index (χ0v) is 22.8. The number of thiazole rings is 1. The maximum atomic E-state index is 14.3. The van der Waals surface area contributed by atoms with E-state index in [0.717, 1.165) is 44.4 Å². The summed E-state index contributed by atoms with van der Waals surface area (Å²) < 4.78 is 43.0. The first kappa shape index (κ1) is 28.3. The lowest BCUT2D eigenvalue weighted by atomic mass is 9.80. The van der Waals surface area contributed by atoms with Gasteiger partial charge in [-0.1, -0.05) is 6.42 Å². The van der Waals surface area contributed by atoms with Crippen LogP contribution in [-0.2, 0) is 6.18 Å². The van der Waals surface area contributed by atoms with Crippen LogP contribution in [0.5, 0.6) is 0 Å². The second-order valence-electron chi connectivity index (χ2n) is 10.9. The van der Waals surface area contributed by atoms with Gasteiger partial charge in [-0.25, -0.2) is 9.97 Å². The minimum atomic E-state index is -4.73. The Hall–Kier alpha value is -2.73. The lowest BCUT2D eigenvalue weighted by Gasteiger charge is -2.32. The smallest absolute Gasteiger partial charge is 0.389 e. The fourth-order valence-electron chi connectivity index (χ4n) is 4.73. The van der Waals surface area contributed by atoms with Gasteiger partial charge in [-0.2, -0.15) is 13.2 Å². The summed E-state index contributed by atoms with van der Waals surface area (Å²) in [7, 11) is 0. The van der Waals surface area contributed by atoms with Crippen LogP contribution in [0, 0.1) is 5.92 Å². The van der Waals surface area contributed by atoms with Crippen molar-refractivity contribution in [3.8, 4) is 10.4 Å². The number of hydrogen-bond donors (Lipinski definition) is 3. The molecule has 8 nitrogen and oxygen atoms in total. The number of likely N-dealkylation sites (tertiary alicyclic amines) is 1. The molecule has 2 unspecified atom stereocenters. The predicted molar refractivity (Wildman–Crippen MR) is 139 cm³/mol. The summed E-state index contributed by atoms with van der Waals surface area (Å²) in [5.41, 5.74) is -2.65. The first-order valence-corrected chi connectivity index (χ1v) is 13.7. The summed E-state index contributed by atoms with van der Waals surface area (Å²) in [6.45, 7) is 7.19. The molecule has 0 bridgehead atoms. The number of rotatable bonds is 8. The van der Waals surface area contributed by atoms with Gasteiger partial charge in [-0.15, -0.1) is 11.3 Å². The molecule has 0 aromatic carbocycles. The average molecular weight is 554 g/mol. The molecule has 2 atom stereocenters. The van der Waals surface area contributed by atoms with Crippen molar-refractivity contribution in [1.29, 1.82) is 0 Å². The van der Waals surface area contributed by atoms with Gasteiger partial charge in [0.2, 0.25) is 0 Å². The van der Waals surface area contributed by atoms with E-state index in [1.807, 2.05) is 13.8 Å². The second-order valence-corrected chi connectivity index (χ2v) is 11.9. The maximum absolute atomic E-state index is 14.3. The first-order valence-electron chi connectivity index (χ1n) is 12.9. The Morgan fingerprint density at radius 3 is 2.50 bits per heavy atom. The molecule has 2 aromatic heterocycles. The van der Waals surface area contributed by atoms with Crippen LogP contribution in [0.2, 0.25) is 0 Å². The molecule has 1 aliphatic carbocycles. The van der Waals surface area contributed by atoms with Crippen LogP contribution in [0.3, 0.4) is 0 Å². The third kappa shape index (κ3) is 6.28. The van der Waals surface area contributed by atoms with Crippen LogP contribution < -0.4 is 10.6 Å². The predicted octanol–water partition coefficient (Wildman–Crippen LogP) is 4.95. The van der Waals surface area contributed by atoms with E-state index in [1.54, 1.807) is 4.90 Å². The normalized spacial score (nSPS) is 19.3. The molecule has 0 spiro atoms. The molecule has 2 amide bonds. The Balaban J connectivity index is 1.75. The fourth-order valence-corrected chi connectivity index (χ4v) is 5.73. The highest BCUT2D eigenvalue weighted by atomic mass is 32.1. The standard InChI is InChI=1S/C26H34F3N5O3S/c1-14-7-6-10-34(14)24(36)20-21(38-23(33-20)22(35)31-13-25(3,4)37)17-12-30-19(11-18(17)26(27,28)29)32-15(2)16-8-5-9-16/h11-12,14-16,37H,5-10,13H2,1-4H3,(H,30,32)(H,31,35). The molecular formula is C26H34F3N5O3S. The van der Waals surface area contributed by atoms with Crippen molar-refractivity contribution in [1.82, 2.24) is 20.2 Å². The van der Waals surface area contributed by atoms with Crippen molar-refractivity contribution in [3.05, 3.63) is 28.5 Å². The number of halogens is 3. The van der Waals surface area contributed by atoms with Gasteiger partial charge >= 0.3 is 6.18 Å². The van der Waals surface area contributed by atoms with E-state index in [2.05, 4.69) is 20.6 Å². The summed E-state index contributed by atoms with van der Waals surface area (Å²) >= 11 is 0.715. The molecule has 4 rings (SSSR count). The summed E-state index contributed by atoms with van der Waals surface area (Å²) in [5.74, 6) is -0.698. The highest BCUT2D eigenvalue weighted by Gasteiger charge is 2.38. The minimum Gasteiger partial charge on any atom is -0.389 e. The van der Waals surface area contributed by atoms with Crippen molar-refractivity contribution in [2.75, 3.05) is 18.4 Å². The van der Waals surface area contributed by atoms with E-state index in [0.29, 0.717) is 23.8 Å². The Bertz CT molecular complexity index is 1190. The molecule has 208 valence electrons. The van der Waals surface area contributed by atoms with Crippen LogP contribution in [0.25, 0.3) is 10.4 Å². The quantitative estimate of drug-likeness (QED) is 0.427. The Morgan fingerprint density at radius 1 is 1.24 bits per heavy atom. The molecule has 38 heavy (non-hydrogen) atoms. The van der Waals surface area contributed by atoms with Crippen LogP contribution in [-0.4, -0.2) is 62.6 Å². The SMILES string of the molecule is CC(Nc1cc(C(F)(F)F)c(-c2sc(C(=O)NCC(C)(C)O)nc2C(=O)N2CCCC2C)cn1)C1CCC1. The molecule has 3 heterocycles. The van der Waals surface area contributed by atoms with Crippen molar-refractivity contribution in [2.24, 2.45) is 5.92 Å². The number of aromatic nitrogens is 2. The molecule has 1 aliphatic heterocycles. The molecule has 3 N–H and O–H groups in total. The lowest BCUT2D eigenvalue weighted by Crippen LogP contribution is -2.38. The number of pyridine rings is 1. The molecule has 1 saturated heterocycles. The molecule has 0 radical (unpaired) electrons. The number of carbonyl (C=O) groups is 2. The van der Waals surface area contributed by atoms with E-state index in [-0.39, 0.29) is 45.6 Å². The molecule has 1 saturated carbocycles. The number of hydrogen-bond acceptors (Lipinski definition) is 7. The van der Waals surface area contributed by atoms with Gasteiger partial charge < -0.3 is 20.6 Å². The number of nitrogens with one attached hydrogen (secondary N) is 2. The van der Waals surface area contributed by atoms with Crippen molar-refractivity contribution in [2.45, 2.75) is 83.7 Å². The van der Waals surface area contributed by atoms with Gasteiger partial charge in [0.25, 0.3) is 11.8 Å². The molecule has 12 heteroatoms. The Labute approximate surface area is 224 Å². The van der Waals surface area contributed by atoms with Crippen molar-refractivity contribution < 1.29 is 27.9 Å². The van der Waals surface area contributed by atoms with Crippen LogP contribution in [0.15, 0.2) is 12.3 Å². The second kappa shape index (κ2) is 10.8. The van der Waals surface area contributed by atoms with E-state index < -0.39 is 29.2 Å². The Morgan fingerprint density at radius 2 is 1.95 bits per heavy atom. The molecule has 2 fully saturated rings. The van der Waals surface area contributed by atoms with Crippen molar-refractivity contribution >= 4 is 29.0 Å². The first-order chi connectivity index (χ1) is 17.7. The Kier molecular flexibility index (Phi) is 8.04. The highest BCUT2D eigenvalue weighted by molar-refractivity contribution is 7.17. The topological polar surface area (TPSA) is 107 Å². The zero-order valence-electron chi connectivity index (χ0n) is 22.0. The molecular weight excluding hydrogens is 519 g/mol. The maximum Gasteiger partial charge on any atom is 0.417 e. The van der Waals surface area contributed by atoms with E-state index >= 15 is 0 Å². The number of carbonyl (C=O) groups excluding carboxylic acids is 2.